The molecule has 1 aromatic carbocycles. The highest BCUT2D eigenvalue weighted by atomic mass is 16.3. The van der Waals surface area contributed by atoms with Crippen LogP contribution < -0.4 is 27.2 Å². The number of nitrogens with zero attached hydrogens (tertiary/aromatic N) is 2. The Kier molecular flexibility index (Phi) is 6.67. The van der Waals surface area contributed by atoms with Crippen LogP contribution in [0.15, 0.2) is 56.7 Å². The Morgan fingerprint density at radius 1 is 1.21 bits per heavy atom. The molecule has 0 aliphatic heterocycles. The fraction of sp³-hybridized carbons (Fsp3) is 0.333. The van der Waals surface area contributed by atoms with Crippen molar-refractivity contribution in [2.24, 2.45) is 5.92 Å². The van der Waals surface area contributed by atoms with Crippen molar-refractivity contribution in [3.05, 3.63) is 74.8 Å². The van der Waals surface area contributed by atoms with Gasteiger partial charge in [0, 0.05) is 23.7 Å². The van der Waals surface area contributed by atoms with Crippen molar-refractivity contribution >= 4 is 29.0 Å². The van der Waals surface area contributed by atoms with Crippen LogP contribution in [0, 0.1) is 5.92 Å². The molecule has 2 amide bonds. The second-order valence-corrected chi connectivity index (χ2v) is 8.31. The number of aromatic nitrogens is 2. The molecule has 2 heterocycles. The van der Waals surface area contributed by atoms with Crippen molar-refractivity contribution in [3.63, 3.8) is 0 Å². The Labute approximate surface area is 195 Å². The van der Waals surface area contributed by atoms with E-state index >= 15 is 0 Å². The standard InChI is InChI=1S/C24H27N5O5/c1-2-3-12-28-20(25)19(22(31)27-24(28)33)29(14-18-5-4-13-34-18)23(32)16-8-10-17(11-9-16)26-21(30)15-6-7-15/h4-5,8-11,13,15H,2-3,6-7,12,14,25H2,1H3,(H,26,30)(H,27,31,33). The first kappa shape index (κ1) is 23.1. The Balaban J connectivity index is 1.69. The van der Waals surface area contributed by atoms with Crippen LogP contribution >= 0.6 is 0 Å². The summed E-state index contributed by atoms with van der Waals surface area (Å²) in [4.78, 5) is 54.2. The lowest BCUT2D eigenvalue weighted by Gasteiger charge is -2.24. The lowest BCUT2D eigenvalue weighted by molar-refractivity contribution is -0.117. The zero-order valence-corrected chi connectivity index (χ0v) is 18.9. The number of benzene rings is 1. The van der Waals surface area contributed by atoms with E-state index in [4.69, 9.17) is 10.2 Å². The molecule has 34 heavy (non-hydrogen) atoms. The Bertz CT molecular complexity index is 1290. The Morgan fingerprint density at radius 3 is 2.56 bits per heavy atom. The second kappa shape index (κ2) is 9.82. The SMILES string of the molecule is CCCCn1c(N)c(N(Cc2ccco2)C(=O)c2ccc(NC(=O)C3CC3)cc2)c(=O)[nH]c1=O. The molecule has 0 unspecified atom stereocenters. The number of aromatic amines is 1. The van der Waals surface area contributed by atoms with Gasteiger partial charge >= 0.3 is 5.69 Å². The molecule has 10 heteroatoms. The summed E-state index contributed by atoms with van der Waals surface area (Å²) in [6.07, 6.45) is 4.74. The first-order valence-corrected chi connectivity index (χ1v) is 11.3. The van der Waals surface area contributed by atoms with Gasteiger partial charge in [0.05, 0.1) is 12.8 Å². The topological polar surface area (TPSA) is 143 Å². The van der Waals surface area contributed by atoms with E-state index in [1.54, 1.807) is 36.4 Å². The van der Waals surface area contributed by atoms with Gasteiger partial charge < -0.3 is 15.5 Å². The maximum Gasteiger partial charge on any atom is 0.330 e. The molecule has 178 valence electrons. The Hall–Kier alpha value is -4.08. The monoisotopic (exact) mass is 465 g/mol. The number of amides is 2. The van der Waals surface area contributed by atoms with Crippen LogP contribution in [0.4, 0.5) is 17.2 Å². The van der Waals surface area contributed by atoms with E-state index in [0.717, 1.165) is 19.3 Å². The minimum Gasteiger partial charge on any atom is -0.467 e. The molecule has 4 N–H and O–H groups in total. The third-order valence-electron chi connectivity index (χ3n) is 5.71. The van der Waals surface area contributed by atoms with Crippen LogP contribution in [0.2, 0.25) is 0 Å². The second-order valence-electron chi connectivity index (χ2n) is 8.31. The van der Waals surface area contributed by atoms with E-state index in [1.165, 1.54) is 15.7 Å². The molecular weight excluding hydrogens is 438 g/mol. The number of furan rings is 1. The molecule has 10 nitrogen and oxygen atoms in total. The van der Waals surface area contributed by atoms with Gasteiger partial charge in [0.2, 0.25) is 5.91 Å². The van der Waals surface area contributed by atoms with Crippen molar-refractivity contribution < 1.29 is 14.0 Å². The van der Waals surface area contributed by atoms with Crippen LogP contribution in [0.5, 0.6) is 0 Å². The van der Waals surface area contributed by atoms with E-state index < -0.39 is 17.2 Å². The lowest BCUT2D eigenvalue weighted by atomic mass is 10.1. The normalized spacial score (nSPS) is 13.0. The maximum atomic E-state index is 13.5. The first-order chi connectivity index (χ1) is 16.4. The minimum atomic E-state index is -0.761. The van der Waals surface area contributed by atoms with Crippen molar-refractivity contribution in [1.29, 1.82) is 0 Å². The van der Waals surface area contributed by atoms with Gasteiger partial charge in [-0.25, -0.2) is 4.79 Å². The van der Waals surface area contributed by atoms with Gasteiger partial charge in [-0.1, -0.05) is 13.3 Å². The summed E-state index contributed by atoms with van der Waals surface area (Å²) < 4.78 is 6.66. The van der Waals surface area contributed by atoms with Gasteiger partial charge in [-0.15, -0.1) is 0 Å². The average Bonchev–Trinajstić information content (AvgIpc) is 3.55. The highest BCUT2D eigenvalue weighted by Crippen LogP contribution is 2.30. The van der Waals surface area contributed by atoms with E-state index in [0.29, 0.717) is 24.4 Å². The van der Waals surface area contributed by atoms with Crippen LogP contribution in [0.1, 0.15) is 48.7 Å². The number of unbranched alkanes of at least 4 members (excludes halogenated alkanes) is 1. The molecule has 0 spiro atoms. The molecule has 1 aliphatic carbocycles. The quantitative estimate of drug-likeness (QED) is 0.443. The van der Waals surface area contributed by atoms with E-state index in [9.17, 15) is 19.2 Å². The summed E-state index contributed by atoms with van der Waals surface area (Å²) in [5, 5.41) is 2.83. The number of nitrogen functional groups attached to an aromatic ring is 1. The number of carbonyl (C=O) groups excluding carboxylic acids is 2. The van der Waals surface area contributed by atoms with Gasteiger partial charge in [-0.3, -0.25) is 28.8 Å². The molecule has 1 aliphatic rings. The summed E-state index contributed by atoms with van der Waals surface area (Å²) >= 11 is 0. The summed E-state index contributed by atoms with van der Waals surface area (Å²) in [6.45, 7) is 2.21. The van der Waals surface area contributed by atoms with Gasteiger partial charge in [-0.2, -0.15) is 0 Å². The zero-order valence-electron chi connectivity index (χ0n) is 18.9. The fourth-order valence-electron chi connectivity index (χ4n) is 3.63. The van der Waals surface area contributed by atoms with Gasteiger partial charge in [-0.05, 0) is 55.7 Å². The predicted molar refractivity (Wildman–Crippen MR) is 128 cm³/mol. The third kappa shape index (κ3) is 4.95. The third-order valence-corrected chi connectivity index (χ3v) is 5.71. The van der Waals surface area contributed by atoms with E-state index in [-0.39, 0.29) is 35.4 Å². The number of nitrogens with two attached hydrogens (primary N) is 1. The number of H-pyrrole nitrogens is 1. The summed E-state index contributed by atoms with van der Waals surface area (Å²) in [5.74, 6) is -0.132. The fourth-order valence-corrected chi connectivity index (χ4v) is 3.63. The van der Waals surface area contributed by atoms with Gasteiger partial charge in [0.25, 0.3) is 11.5 Å². The molecule has 0 bridgehead atoms. The van der Waals surface area contributed by atoms with Crippen molar-refractivity contribution in [1.82, 2.24) is 9.55 Å². The van der Waals surface area contributed by atoms with Gasteiger partial charge in [0.15, 0.2) is 5.69 Å². The number of anilines is 3. The maximum absolute atomic E-state index is 13.5. The number of nitrogens with one attached hydrogen (secondary N) is 2. The van der Waals surface area contributed by atoms with Crippen LogP contribution in [0.3, 0.4) is 0 Å². The highest BCUT2D eigenvalue weighted by Gasteiger charge is 2.30. The molecule has 1 fully saturated rings. The number of hydrogen-bond acceptors (Lipinski definition) is 6. The molecular formula is C24H27N5O5. The molecule has 3 aromatic rings. The van der Waals surface area contributed by atoms with Crippen LogP contribution in [-0.4, -0.2) is 21.4 Å². The predicted octanol–water partition coefficient (Wildman–Crippen LogP) is 2.71. The number of hydrogen-bond donors (Lipinski definition) is 3. The van der Waals surface area contributed by atoms with Crippen molar-refractivity contribution in [2.75, 3.05) is 16.0 Å². The molecule has 0 saturated heterocycles. The Morgan fingerprint density at radius 2 is 1.94 bits per heavy atom. The molecule has 1 saturated carbocycles. The first-order valence-electron chi connectivity index (χ1n) is 11.3. The minimum absolute atomic E-state index is 0.0350. The molecule has 2 aromatic heterocycles. The van der Waals surface area contributed by atoms with E-state index in [1.807, 2.05) is 6.92 Å². The molecule has 0 atom stereocenters. The van der Waals surface area contributed by atoms with Crippen molar-refractivity contribution in [3.8, 4) is 0 Å². The summed E-state index contributed by atoms with van der Waals surface area (Å²) in [5.41, 5.74) is 5.61. The lowest BCUT2D eigenvalue weighted by Crippen LogP contribution is -2.41. The smallest absolute Gasteiger partial charge is 0.330 e. The van der Waals surface area contributed by atoms with Crippen molar-refractivity contribution in [2.45, 2.75) is 45.7 Å². The summed E-state index contributed by atoms with van der Waals surface area (Å²) in [7, 11) is 0. The summed E-state index contributed by atoms with van der Waals surface area (Å²) in [6, 6.07) is 9.75. The number of carbonyl (C=O) groups is 2. The van der Waals surface area contributed by atoms with Gasteiger partial charge in [0.1, 0.15) is 11.6 Å². The molecule has 0 radical (unpaired) electrons. The zero-order chi connectivity index (χ0) is 24.2. The number of rotatable bonds is 9. The highest BCUT2D eigenvalue weighted by molar-refractivity contribution is 6.07. The largest absolute Gasteiger partial charge is 0.467 e. The van der Waals surface area contributed by atoms with Crippen LogP contribution in [0.25, 0.3) is 0 Å². The van der Waals surface area contributed by atoms with Crippen LogP contribution in [-0.2, 0) is 17.9 Å². The molecule has 4 rings (SSSR count). The average molecular weight is 466 g/mol. The van der Waals surface area contributed by atoms with E-state index in [2.05, 4.69) is 10.3 Å².